The lowest BCUT2D eigenvalue weighted by Crippen LogP contribution is -2.39. The largest absolute Gasteiger partial charge is 0.355 e. The van der Waals surface area contributed by atoms with Crippen molar-refractivity contribution in [2.75, 3.05) is 26.7 Å². The molecule has 1 aliphatic carbocycles. The van der Waals surface area contributed by atoms with E-state index in [0.29, 0.717) is 11.1 Å². The summed E-state index contributed by atoms with van der Waals surface area (Å²) in [6.45, 7) is 3.12. The molecule has 2 aliphatic rings. The molecule has 0 aromatic heterocycles. The summed E-state index contributed by atoms with van der Waals surface area (Å²) < 4.78 is 0. The number of ketones is 1. The second-order valence-electron chi connectivity index (χ2n) is 7.73. The zero-order chi connectivity index (χ0) is 18.1. The van der Waals surface area contributed by atoms with E-state index in [1.54, 1.807) is 13.1 Å². The topological polar surface area (TPSA) is 49.4 Å². The molecule has 4 nitrogen and oxygen atoms in total. The normalized spacial score (nSPS) is 20.9. The standard InChI is InChI=1S/C22H26N2O2/c1-23-22(26)20-12-18(11-16-5-2-3-7-19(16)20)21(25)17-6-4-10-24(14-17)13-15-8-9-15/h2-3,5,7,11-12,15,17H,4,6,8-10,13-14H2,1H3,(H,23,26). The van der Waals surface area contributed by atoms with E-state index in [9.17, 15) is 9.59 Å². The molecule has 2 aromatic rings. The minimum absolute atomic E-state index is 0.0428. The maximum absolute atomic E-state index is 13.2. The Morgan fingerprint density at radius 3 is 2.73 bits per heavy atom. The summed E-state index contributed by atoms with van der Waals surface area (Å²) in [4.78, 5) is 28.0. The van der Waals surface area contributed by atoms with E-state index >= 15 is 0 Å². The number of carbonyl (C=O) groups is 2. The molecule has 1 heterocycles. The highest BCUT2D eigenvalue weighted by Gasteiger charge is 2.31. The number of Topliss-reactive ketones (excluding diaryl/α,β-unsaturated/α-hetero) is 1. The van der Waals surface area contributed by atoms with Crippen LogP contribution in [0.3, 0.4) is 0 Å². The van der Waals surface area contributed by atoms with Crippen LogP contribution in [0.5, 0.6) is 0 Å². The fourth-order valence-electron chi connectivity index (χ4n) is 4.11. The minimum Gasteiger partial charge on any atom is -0.355 e. The first-order valence-corrected chi connectivity index (χ1v) is 9.67. The number of nitrogens with zero attached hydrogens (tertiary/aromatic N) is 1. The number of hydrogen-bond acceptors (Lipinski definition) is 3. The number of piperidine rings is 1. The number of amides is 1. The van der Waals surface area contributed by atoms with E-state index < -0.39 is 0 Å². The van der Waals surface area contributed by atoms with Crippen LogP contribution >= 0.6 is 0 Å². The summed E-state index contributed by atoms with van der Waals surface area (Å²) >= 11 is 0. The number of hydrogen-bond donors (Lipinski definition) is 1. The molecule has 1 saturated carbocycles. The number of fused-ring (bicyclic) bond motifs is 1. The monoisotopic (exact) mass is 350 g/mol. The van der Waals surface area contributed by atoms with E-state index in [1.165, 1.54) is 12.8 Å². The van der Waals surface area contributed by atoms with Gasteiger partial charge in [0.1, 0.15) is 0 Å². The Morgan fingerprint density at radius 2 is 1.96 bits per heavy atom. The van der Waals surface area contributed by atoms with Gasteiger partial charge in [0.05, 0.1) is 0 Å². The Labute approximate surface area is 154 Å². The summed E-state index contributed by atoms with van der Waals surface area (Å²) in [6, 6.07) is 11.5. The smallest absolute Gasteiger partial charge is 0.251 e. The van der Waals surface area contributed by atoms with Crippen molar-refractivity contribution >= 4 is 22.5 Å². The average Bonchev–Trinajstić information content (AvgIpc) is 3.50. The maximum Gasteiger partial charge on any atom is 0.251 e. The minimum atomic E-state index is -0.144. The molecule has 1 amide bonds. The summed E-state index contributed by atoms with van der Waals surface area (Å²) in [5.41, 5.74) is 1.25. The van der Waals surface area contributed by atoms with Crippen molar-refractivity contribution in [3.8, 4) is 0 Å². The van der Waals surface area contributed by atoms with Crippen molar-refractivity contribution in [1.82, 2.24) is 10.2 Å². The van der Waals surface area contributed by atoms with Crippen molar-refractivity contribution in [1.29, 1.82) is 0 Å². The van der Waals surface area contributed by atoms with Gasteiger partial charge in [-0.05, 0) is 61.1 Å². The van der Waals surface area contributed by atoms with Gasteiger partial charge >= 0.3 is 0 Å². The van der Waals surface area contributed by atoms with E-state index in [0.717, 1.165) is 49.2 Å². The number of benzene rings is 2. The lowest BCUT2D eigenvalue weighted by atomic mass is 9.88. The second-order valence-corrected chi connectivity index (χ2v) is 7.73. The van der Waals surface area contributed by atoms with Crippen molar-refractivity contribution in [3.05, 3.63) is 47.5 Å². The van der Waals surface area contributed by atoms with Gasteiger partial charge in [0, 0.05) is 37.2 Å². The van der Waals surface area contributed by atoms with Crippen molar-refractivity contribution in [2.45, 2.75) is 25.7 Å². The quantitative estimate of drug-likeness (QED) is 0.840. The zero-order valence-electron chi connectivity index (χ0n) is 15.3. The average molecular weight is 350 g/mol. The second kappa shape index (κ2) is 7.20. The first-order chi connectivity index (χ1) is 12.7. The van der Waals surface area contributed by atoms with Gasteiger partial charge < -0.3 is 10.2 Å². The third-order valence-corrected chi connectivity index (χ3v) is 5.71. The summed E-state index contributed by atoms with van der Waals surface area (Å²) in [5.74, 6) is 0.932. The van der Waals surface area contributed by atoms with Crippen LogP contribution in [0.25, 0.3) is 10.8 Å². The lowest BCUT2D eigenvalue weighted by molar-refractivity contribution is 0.0815. The number of nitrogens with one attached hydrogen (secondary N) is 1. The van der Waals surface area contributed by atoms with Gasteiger partial charge in [-0.1, -0.05) is 24.3 Å². The van der Waals surface area contributed by atoms with Crippen LogP contribution in [0, 0.1) is 11.8 Å². The highest BCUT2D eigenvalue weighted by Crippen LogP contribution is 2.32. The van der Waals surface area contributed by atoms with Gasteiger partial charge in [0.15, 0.2) is 5.78 Å². The zero-order valence-corrected chi connectivity index (χ0v) is 15.3. The third-order valence-electron chi connectivity index (χ3n) is 5.71. The van der Waals surface area contributed by atoms with Gasteiger partial charge in [-0.2, -0.15) is 0 Å². The molecule has 1 unspecified atom stereocenters. The van der Waals surface area contributed by atoms with Crippen molar-refractivity contribution in [2.24, 2.45) is 11.8 Å². The Hall–Kier alpha value is -2.20. The van der Waals surface area contributed by atoms with Crippen LogP contribution in [-0.2, 0) is 0 Å². The predicted octanol–water partition coefficient (Wildman–Crippen LogP) is 3.50. The van der Waals surface area contributed by atoms with Crippen LogP contribution < -0.4 is 5.32 Å². The number of carbonyl (C=O) groups excluding carboxylic acids is 2. The lowest BCUT2D eigenvalue weighted by Gasteiger charge is -2.32. The fourth-order valence-corrected chi connectivity index (χ4v) is 4.11. The Kier molecular flexibility index (Phi) is 4.77. The summed E-state index contributed by atoms with van der Waals surface area (Å²) in [7, 11) is 1.63. The van der Waals surface area contributed by atoms with E-state index in [1.807, 2.05) is 30.3 Å². The molecule has 2 fully saturated rings. The molecule has 4 heteroatoms. The first kappa shape index (κ1) is 17.2. The molecule has 26 heavy (non-hydrogen) atoms. The van der Waals surface area contributed by atoms with Crippen molar-refractivity contribution in [3.63, 3.8) is 0 Å². The third kappa shape index (κ3) is 3.51. The van der Waals surface area contributed by atoms with Crippen LogP contribution in [0.2, 0.25) is 0 Å². The van der Waals surface area contributed by atoms with Crippen LogP contribution in [0.4, 0.5) is 0 Å². The number of likely N-dealkylation sites (tertiary alicyclic amines) is 1. The molecular formula is C22H26N2O2. The summed E-state index contributed by atoms with van der Waals surface area (Å²) in [5, 5.41) is 4.53. The van der Waals surface area contributed by atoms with E-state index in [4.69, 9.17) is 0 Å². The summed E-state index contributed by atoms with van der Waals surface area (Å²) in [6.07, 6.45) is 4.71. The first-order valence-electron chi connectivity index (χ1n) is 9.67. The van der Waals surface area contributed by atoms with E-state index in [-0.39, 0.29) is 17.6 Å². The molecule has 1 aliphatic heterocycles. The molecule has 4 rings (SSSR count). The van der Waals surface area contributed by atoms with Crippen LogP contribution in [-0.4, -0.2) is 43.3 Å². The molecule has 2 aromatic carbocycles. The molecule has 1 atom stereocenters. The highest BCUT2D eigenvalue weighted by molar-refractivity contribution is 6.11. The SMILES string of the molecule is CNC(=O)c1cc(C(=O)C2CCCN(CC3CC3)C2)cc2ccccc12. The molecule has 1 saturated heterocycles. The maximum atomic E-state index is 13.2. The van der Waals surface area contributed by atoms with E-state index in [2.05, 4.69) is 10.2 Å². The molecule has 136 valence electrons. The van der Waals surface area contributed by atoms with Crippen LogP contribution in [0.15, 0.2) is 36.4 Å². The van der Waals surface area contributed by atoms with Gasteiger partial charge in [-0.3, -0.25) is 9.59 Å². The Bertz CT molecular complexity index is 841. The van der Waals surface area contributed by atoms with Crippen LogP contribution in [0.1, 0.15) is 46.4 Å². The van der Waals surface area contributed by atoms with Gasteiger partial charge in [-0.25, -0.2) is 0 Å². The molecular weight excluding hydrogens is 324 g/mol. The van der Waals surface area contributed by atoms with Gasteiger partial charge in [0.25, 0.3) is 5.91 Å². The number of rotatable bonds is 5. The fraction of sp³-hybridized carbons (Fsp3) is 0.455. The molecule has 1 N–H and O–H groups in total. The molecule has 0 spiro atoms. The highest BCUT2D eigenvalue weighted by atomic mass is 16.1. The molecule has 0 radical (unpaired) electrons. The van der Waals surface area contributed by atoms with Crippen molar-refractivity contribution < 1.29 is 9.59 Å². The molecule has 0 bridgehead atoms. The Morgan fingerprint density at radius 1 is 1.15 bits per heavy atom. The predicted molar refractivity (Wildman–Crippen MR) is 104 cm³/mol. The van der Waals surface area contributed by atoms with Gasteiger partial charge in [-0.15, -0.1) is 0 Å². The Balaban J connectivity index is 1.62. The van der Waals surface area contributed by atoms with Gasteiger partial charge in [0.2, 0.25) is 0 Å².